The Hall–Kier alpha value is -1.93. The maximum Gasteiger partial charge on any atom is 0.348 e. The molecular formula is C11H8BrClN4O3. The maximum absolute atomic E-state index is 11.0. The lowest BCUT2D eigenvalue weighted by Gasteiger charge is -2.10. The highest BCUT2D eigenvalue weighted by Gasteiger charge is 2.22. The average Bonchev–Trinajstić information content (AvgIpc) is 2.41. The molecule has 0 aliphatic carbocycles. The second-order valence-electron chi connectivity index (χ2n) is 3.59. The van der Waals surface area contributed by atoms with Crippen LogP contribution in [0.3, 0.4) is 0 Å². The number of methoxy groups -OCH3 is 1. The Morgan fingerprint density at radius 1 is 1.45 bits per heavy atom. The number of rotatable bonds is 4. The quantitative estimate of drug-likeness (QED) is 0.510. The Labute approximate surface area is 127 Å². The number of nitrogens with one attached hydrogen (secondary N) is 1. The average molecular weight is 360 g/mol. The monoisotopic (exact) mass is 358 g/mol. The first-order chi connectivity index (χ1) is 9.52. The minimum absolute atomic E-state index is 0.00366. The van der Waals surface area contributed by atoms with Gasteiger partial charge in [-0.15, -0.1) is 0 Å². The fourth-order valence-electron chi connectivity index (χ4n) is 1.47. The molecule has 0 amide bonds. The van der Waals surface area contributed by atoms with Gasteiger partial charge in [0.25, 0.3) is 0 Å². The van der Waals surface area contributed by atoms with Crippen molar-refractivity contribution in [3.8, 4) is 5.75 Å². The van der Waals surface area contributed by atoms with Crippen LogP contribution in [0, 0.1) is 10.1 Å². The molecule has 0 unspecified atom stereocenters. The Bertz CT molecular complexity index is 668. The van der Waals surface area contributed by atoms with Crippen molar-refractivity contribution < 1.29 is 9.66 Å². The summed E-state index contributed by atoms with van der Waals surface area (Å²) in [7, 11) is 1.52. The highest BCUT2D eigenvalue weighted by Crippen LogP contribution is 2.34. The highest BCUT2D eigenvalue weighted by atomic mass is 79.9. The lowest BCUT2D eigenvalue weighted by Crippen LogP contribution is -2.02. The van der Waals surface area contributed by atoms with Gasteiger partial charge in [0.1, 0.15) is 12.1 Å². The predicted molar refractivity (Wildman–Crippen MR) is 77.7 cm³/mol. The van der Waals surface area contributed by atoms with E-state index in [9.17, 15) is 10.1 Å². The van der Waals surface area contributed by atoms with Gasteiger partial charge in [0.2, 0.25) is 11.0 Å². The normalized spacial score (nSPS) is 10.2. The van der Waals surface area contributed by atoms with E-state index in [1.165, 1.54) is 7.11 Å². The first-order valence-corrected chi connectivity index (χ1v) is 6.45. The van der Waals surface area contributed by atoms with E-state index in [2.05, 4.69) is 31.2 Å². The minimum atomic E-state index is -0.640. The van der Waals surface area contributed by atoms with Gasteiger partial charge in [-0.3, -0.25) is 10.1 Å². The summed E-state index contributed by atoms with van der Waals surface area (Å²) in [4.78, 5) is 17.8. The number of hydrogen-bond acceptors (Lipinski definition) is 6. The van der Waals surface area contributed by atoms with Gasteiger partial charge >= 0.3 is 5.69 Å². The molecule has 9 heteroatoms. The van der Waals surface area contributed by atoms with Crippen LogP contribution in [0.15, 0.2) is 29.0 Å². The number of hydrogen-bond donors (Lipinski definition) is 1. The van der Waals surface area contributed by atoms with Gasteiger partial charge in [-0.1, -0.05) is 11.6 Å². The zero-order valence-corrected chi connectivity index (χ0v) is 12.5. The van der Waals surface area contributed by atoms with Crippen molar-refractivity contribution >= 4 is 44.7 Å². The lowest BCUT2D eigenvalue weighted by atomic mass is 10.3. The van der Waals surface area contributed by atoms with Crippen molar-refractivity contribution in [1.82, 2.24) is 9.97 Å². The van der Waals surface area contributed by atoms with Crippen LogP contribution in [0.4, 0.5) is 17.2 Å². The highest BCUT2D eigenvalue weighted by molar-refractivity contribution is 9.10. The number of ether oxygens (including phenoxy) is 1. The second-order valence-corrected chi connectivity index (χ2v) is 4.80. The molecule has 0 atom stereocenters. The number of anilines is 2. The molecule has 0 spiro atoms. The van der Waals surface area contributed by atoms with E-state index in [0.717, 1.165) is 6.33 Å². The number of benzene rings is 1. The molecule has 0 aliphatic rings. The van der Waals surface area contributed by atoms with Gasteiger partial charge in [-0.05, 0) is 28.1 Å². The summed E-state index contributed by atoms with van der Waals surface area (Å²) in [6.45, 7) is 0. The van der Waals surface area contributed by atoms with Crippen molar-refractivity contribution in [3.63, 3.8) is 0 Å². The van der Waals surface area contributed by atoms with E-state index in [0.29, 0.717) is 15.9 Å². The molecule has 0 radical (unpaired) electrons. The summed E-state index contributed by atoms with van der Waals surface area (Å²) in [6, 6.07) is 5.16. The number of halogens is 2. The Morgan fingerprint density at radius 2 is 2.20 bits per heavy atom. The number of aromatic nitrogens is 2. The van der Waals surface area contributed by atoms with Crippen LogP contribution in [0.2, 0.25) is 5.15 Å². The zero-order valence-electron chi connectivity index (χ0n) is 10.1. The summed E-state index contributed by atoms with van der Waals surface area (Å²) < 4.78 is 5.79. The van der Waals surface area contributed by atoms with Crippen molar-refractivity contribution in [1.29, 1.82) is 0 Å². The third kappa shape index (κ3) is 2.97. The molecule has 0 fully saturated rings. The van der Waals surface area contributed by atoms with Gasteiger partial charge in [-0.2, -0.15) is 0 Å². The molecule has 1 aromatic heterocycles. The lowest BCUT2D eigenvalue weighted by molar-refractivity contribution is -0.384. The molecule has 2 aromatic rings. The van der Waals surface area contributed by atoms with Crippen LogP contribution in [0.5, 0.6) is 5.75 Å². The molecule has 1 N–H and O–H groups in total. The largest absolute Gasteiger partial charge is 0.497 e. The Balaban J connectivity index is 2.45. The fourth-order valence-corrected chi connectivity index (χ4v) is 2.01. The van der Waals surface area contributed by atoms with E-state index in [1.807, 2.05) is 0 Å². The van der Waals surface area contributed by atoms with Crippen LogP contribution < -0.4 is 10.1 Å². The van der Waals surface area contributed by atoms with E-state index >= 15 is 0 Å². The molecule has 20 heavy (non-hydrogen) atoms. The Morgan fingerprint density at radius 3 is 2.85 bits per heavy atom. The standard InChI is InChI=1S/C11H8BrClN4O3/c1-20-6-2-3-7(12)8(4-6)16-11-9(17(18)19)10(13)14-5-15-11/h2-5H,1H3,(H,14,15,16). The van der Waals surface area contributed by atoms with Crippen LogP contribution in [0.1, 0.15) is 0 Å². The number of nitrogens with zero attached hydrogens (tertiary/aromatic N) is 3. The van der Waals surface area contributed by atoms with Gasteiger partial charge in [0.15, 0.2) is 0 Å². The van der Waals surface area contributed by atoms with Gasteiger partial charge in [0, 0.05) is 10.5 Å². The molecule has 0 saturated carbocycles. The van der Waals surface area contributed by atoms with Crippen molar-refractivity contribution in [2.75, 3.05) is 12.4 Å². The van der Waals surface area contributed by atoms with Crippen LogP contribution >= 0.6 is 27.5 Å². The van der Waals surface area contributed by atoms with Gasteiger partial charge in [0.05, 0.1) is 17.7 Å². The van der Waals surface area contributed by atoms with Crippen LogP contribution in [-0.2, 0) is 0 Å². The molecule has 1 aromatic carbocycles. The topological polar surface area (TPSA) is 90.2 Å². The maximum atomic E-state index is 11.0. The summed E-state index contributed by atoms with van der Waals surface area (Å²) in [5.41, 5.74) is 0.172. The van der Waals surface area contributed by atoms with Crippen molar-refractivity contribution in [2.45, 2.75) is 0 Å². The number of nitro groups is 1. The molecule has 7 nitrogen and oxygen atoms in total. The van der Waals surface area contributed by atoms with E-state index in [1.54, 1.807) is 18.2 Å². The molecular weight excluding hydrogens is 352 g/mol. The van der Waals surface area contributed by atoms with E-state index in [4.69, 9.17) is 16.3 Å². The smallest absolute Gasteiger partial charge is 0.348 e. The van der Waals surface area contributed by atoms with Gasteiger partial charge in [-0.25, -0.2) is 9.97 Å². The minimum Gasteiger partial charge on any atom is -0.497 e. The zero-order chi connectivity index (χ0) is 14.7. The Kier molecular flexibility index (Phi) is 4.35. The van der Waals surface area contributed by atoms with Crippen molar-refractivity contribution in [3.05, 3.63) is 44.3 Å². The predicted octanol–water partition coefficient (Wildman–Crippen LogP) is 3.55. The molecule has 0 bridgehead atoms. The summed E-state index contributed by atoms with van der Waals surface area (Å²) in [6.07, 6.45) is 1.14. The second kappa shape index (κ2) is 6.02. The third-order valence-corrected chi connectivity index (χ3v) is 3.35. The third-order valence-electron chi connectivity index (χ3n) is 2.39. The summed E-state index contributed by atoms with van der Waals surface area (Å²) in [5.74, 6) is 0.599. The SMILES string of the molecule is COc1ccc(Br)c(Nc2ncnc(Cl)c2[N+](=O)[O-])c1. The molecule has 104 valence electrons. The fraction of sp³-hybridized carbons (Fsp3) is 0.0909. The van der Waals surface area contributed by atoms with E-state index in [-0.39, 0.29) is 16.7 Å². The van der Waals surface area contributed by atoms with Crippen LogP contribution in [-0.4, -0.2) is 22.0 Å². The first-order valence-electron chi connectivity index (χ1n) is 5.28. The first kappa shape index (κ1) is 14.5. The molecule has 1 heterocycles. The molecule has 0 aliphatic heterocycles. The summed E-state index contributed by atoms with van der Waals surface area (Å²) >= 11 is 9.05. The molecule has 0 saturated heterocycles. The van der Waals surface area contributed by atoms with E-state index < -0.39 is 4.92 Å². The van der Waals surface area contributed by atoms with Crippen LogP contribution in [0.25, 0.3) is 0 Å². The summed E-state index contributed by atoms with van der Waals surface area (Å²) in [5, 5.41) is 13.6. The van der Waals surface area contributed by atoms with Crippen molar-refractivity contribution in [2.24, 2.45) is 0 Å². The van der Waals surface area contributed by atoms with Gasteiger partial charge < -0.3 is 10.1 Å². The molecule has 2 rings (SSSR count).